The maximum atomic E-state index is 13.5. The highest BCUT2D eigenvalue weighted by molar-refractivity contribution is 7.98. The van der Waals surface area contributed by atoms with Crippen molar-refractivity contribution in [2.75, 3.05) is 19.3 Å². The number of aryl methyl sites for hydroxylation is 1. The first-order valence-corrected chi connectivity index (χ1v) is 14.5. The number of pyridine rings is 1. The third-order valence-electron chi connectivity index (χ3n) is 8.47. The Kier molecular flexibility index (Phi) is 7.50. The molecule has 0 bridgehead atoms. The number of nitrogens with zero attached hydrogens (tertiary/aromatic N) is 2. The van der Waals surface area contributed by atoms with Crippen molar-refractivity contribution in [1.29, 1.82) is 0 Å². The van der Waals surface area contributed by atoms with E-state index in [1.54, 1.807) is 0 Å². The molecule has 1 aliphatic carbocycles. The molecule has 8 heteroatoms. The van der Waals surface area contributed by atoms with E-state index in [1.807, 2.05) is 44.4 Å². The molecule has 3 heterocycles. The second kappa shape index (κ2) is 10.7. The number of likely N-dealkylation sites (tertiary alicyclic amines) is 1. The number of benzene rings is 1. The van der Waals surface area contributed by atoms with Gasteiger partial charge in [0.15, 0.2) is 0 Å². The van der Waals surface area contributed by atoms with Crippen LogP contribution in [0.25, 0.3) is 10.9 Å². The smallest absolute Gasteiger partial charge is 0.254 e. The molecule has 1 amide bonds. The monoisotopic (exact) mass is 524 g/mol. The maximum absolute atomic E-state index is 13.5. The van der Waals surface area contributed by atoms with E-state index in [9.17, 15) is 14.0 Å². The summed E-state index contributed by atoms with van der Waals surface area (Å²) in [5.74, 6) is 0.355. The van der Waals surface area contributed by atoms with Gasteiger partial charge in [-0.05, 0) is 70.8 Å². The average Bonchev–Trinajstić information content (AvgIpc) is 3.17. The Balaban J connectivity index is 1.37. The maximum Gasteiger partial charge on any atom is 0.254 e. The van der Waals surface area contributed by atoms with Crippen LogP contribution < -0.4 is 10.9 Å². The number of carbonyl (C=O) groups is 1. The molecule has 6 nitrogen and oxygen atoms in total. The van der Waals surface area contributed by atoms with Gasteiger partial charge in [0, 0.05) is 64.5 Å². The number of H-pyrrole nitrogens is 1. The summed E-state index contributed by atoms with van der Waals surface area (Å²) in [6, 6.07) is 10.8. The zero-order chi connectivity index (χ0) is 26.3. The van der Waals surface area contributed by atoms with E-state index < -0.39 is 6.17 Å². The fourth-order valence-electron chi connectivity index (χ4n) is 6.41. The van der Waals surface area contributed by atoms with E-state index in [4.69, 9.17) is 0 Å². The van der Waals surface area contributed by atoms with E-state index >= 15 is 0 Å². The summed E-state index contributed by atoms with van der Waals surface area (Å²) in [7, 11) is 0. The number of fused-ring (bicyclic) bond motifs is 1. The summed E-state index contributed by atoms with van der Waals surface area (Å²) < 4.78 is 15.7. The van der Waals surface area contributed by atoms with Crippen LogP contribution in [0.15, 0.2) is 40.0 Å². The van der Waals surface area contributed by atoms with Crippen molar-refractivity contribution in [3.05, 3.63) is 63.2 Å². The molecule has 0 unspecified atom stereocenters. The molecule has 1 atom stereocenters. The van der Waals surface area contributed by atoms with Gasteiger partial charge in [-0.1, -0.05) is 18.2 Å². The van der Waals surface area contributed by atoms with Crippen LogP contribution in [0.2, 0.25) is 0 Å². The summed E-state index contributed by atoms with van der Waals surface area (Å²) in [5, 5.41) is 3.97. The molecule has 2 fully saturated rings. The number of amides is 1. The molecule has 1 aromatic carbocycles. The molecule has 0 radical (unpaired) electrons. The Morgan fingerprint density at radius 1 is 1.19 bits per heavy atom. The molecular formula is C29H37FN4O2S. The largest absolute Gasteiger partial charge is 0.348 e. The number of carbonyl (C=O) groups excluding carboxylic acids is 1. The number of nitrogens with one attached hydrogen (secondary N) is 2. The van der Waals surface area contributed by atoms with Gasteiger partial charge in [0.1, 0.15) is 6.17 Å². The number of alkyl halides is 1. The molecular weight excluding hydrogens is 487 g/mol. The number of rotatable bonds is 7. The van der Waals surface area contributed by atoms with Crippen molar-refractivity contribution in [3.63, 3.8) is 0 Å². The van der Waals surface area contributed by atoms with Crippen LogP contribution in [0.3, 0.4) is 0 Å². The van der Waals surface area contributed by atoms with Crippen LogP contribution in [-0.2, 0) is 6.54 Å². The summed E-state index contributed by atoms with van der Waals surface area (Å²) in [5.41, 5.74) is 3.94. The average molecular weight is 525 g/mol. The summed E-state index contributed by atoms with van der Waals surface area (Å²) in [6.07, 6.45) is 5.73. The lowest BCUT2D eigenvalue weighted by Crippen LogP contribution is -2.54. The highest BCUT2D eigenvalue weighted by Gasteiger charge is 2.36. The molecule has 5 rings (SSSR count). The molecule has 1 aliphatic heterocycles. The molecule has 1 saturated carbocycles. The Hall–Kier alpha value is -2.58. The topological polar surface area (TPSA) is 70.1 Å². The minimum atomic E-state index is -0.646. The first kappa shape index (κ1) is 26.0. The van der Waals surface area contributed by atoms with E-state index in [1.165, 1.54) is 11.8 Å². The fraction of sp³-hybridized carbons (Fsp3) is 0.517. The number of hydrogen-bond acceptors (Lipinski definition) is 4. The van der Waals surface area contributed by atoms with Crippen molar-refractivity contribution in [2.24, 2.45) is 5.92 Å². The van der Waals surface area contributed by atoms with Crippen molar-refractivity contribution >= 4 is 28.6 Å². The van der Waals surface area contributed by atoms with E-state index in [-0.39, 0.29) is 24.1 Å². The van der Waals surface area contributed by atoms with Gasteiger partial charge < -0.3 is 14.9 Å². The van der Waals surface area contributed by atoms with E-state index in [0.29, 0.717) is 36.2 Å². The van der Waals surface area contributed by atoms with E-state index in [0.717, 1.165) is 52.9 Å². The number of hydrogen-bond donors (Lipinski definition) is 2. The summed E-state index contributed by atoms with van der Waals surface area (Å²) in [6.45, 7) is 7.53. The third-order valence-corrected chi connectivity index (χ3v) is 9.28. The number of aromatic amines is 1. The molecule has 3 aromatic rings. The second-order valence-corrected chi connectivity index (χ2v) is 11.6. The van der Waals surface area contributed by atoms with Crippen LogP contribution in [0.1, 0.15) is 66.0 Å². The lowest BCUT2D eigenvalue weighted by Gasteiger charge is -2.44. The molecule has 1 saturated heterocycles. The van der Waals surface area contributed by atoms with Crippen LogP contribution >= 0.6 is 11.8 Å². The van der Waals surface area contributed by atoms with Crippen molar-refractivity contribution < 1.29 is 9.18 Å². The van der Waals surface area contributed by atoms with Gasteiger partial charge in [-0.3, -0.25) is 14.5 Å². The van der Waals surface area contributed by atoms with Gasteiger partial charge in [-0.15, -0.1) is 11.8 Å². The van der Waals surface area contributed by atoms with Crippen molar-refractivity contribution in [1.82, 2.24) is 19.8 Å². The molecule has 0 spiro atoms. The Bertz CT molecular complexity index is 1350. The molecule has 2 aromatic heterocycles. The number of para-hydroxylation sites is 1. The van der Waals surface area contributed by atoms with Crippen LogP contribution in [0.4, 0.5) is 4.39 Å². The quantitative estimate of drug-likeness (QED) is 0.408. The number of thioether (sulfide) groups is 1. The van der Waals surface area contributed by atoms with Gasteiger partial charge in [0.05, 0.1) is 5.56 Å². The Morgan fingerprint density at radius 3 is 2.57 bits per heavy atom. The van der Waals surface area contributed by atoms with Gasteiger partial charge in [-0.25, -0.2) is 4.39 Å². The van der Waals surface area contributed by atoms with Crippen molar-refractivity contribution in [2.45, 2.75) is 76.2 Å². The molecule has 2 aliphatic rings. The summed E-state index contributed by atoms with van der Waals surface area (Å²) >= 11 is 1.51. The highest BCUT2D eigenvalue weighted by atomic mass is 32.2. The second-order valence-electron chi connectivity index (χ2n) is 10.7. The number of aromatic nitrogens is 2. The number of halogens is 1. The molecule has 37 heavy (non-hydrogen) atoms. The standard InChI is InChI=1S/C29H37FN4O2S/c1-17-13-26(37-4)24(28(35)32-17)14-31-29(36)27-19(3)34(25-8-6-5-7-23(25)27)18(2)20-9-11-22(12-10-20)33-15-21(30)16-33/h5-8,13,18,20-22H,9-12,14-16H2,1-4H3,(H,31,36)(H,32,35)/t18-,20?,22?/m1/s1. The van der Waals surface area contributed by atoms with Crippen LogP contribution in [0, 0.1) is 19.8 Å². The van der Waals surface area contributed by atoms with Crippen LogP contribution in [-0.4, -0.2) is 51.9 Å². The fourth-order valence-corrected chi connectivity index (χ4v) is 7.11. The zero-order valence-corrected chi connectivity index (χ0v) is 23.0. The lowest BCUT2D eigenvalue weighted by molar-refractivity contribution is 0.00542. The van der Waals surface area contributed by atoms with Crippen LogP contribution in [0.5, 0.6) is 0 Å². The SMILES string of the molecule is CSc1cc(C)[nH]c(=O)c1CNC(=O)c1c(C)n([C@H](C)C2CCC(N3CC(F)C3)CC2)c2ccccc12. The highest BCUT2D eigenvalue weighted by Crippen LogP contribution is 2.39. The first-order chi connectivity index (χ1) is 17.8. The minimum absolute atomic E-state index is 0.158. The molecule has 198 valence electrons. The van der Waals surface area contributed by atoms with Crippen molar-refractivity contribution in [3.8, 4) is 0 Å². The first-order valence-electron chi connectivity index (χ1n) is 13.3. The zero-order valence-electron chi connectivity index (χ0n) is 22.1. The van der Waals surface area contributed by atoms with Gasteiger partial charge in [-0.2, -0.15) is 0 Å². The third kappa shape index (κ3) is 4.98. The summed E-state index contributed by atoms with van der Waals surface area (Å²) in [4.78, 5) is 32.1. The Labute approximate surface area is 222 Å². The predicted molar refractivity (Wildman–Crippen MR) is 148 cm³/mol. The predicted octanol–water partition coefficient (Wildman–Crippen LogP) is 5.37. The Morgan fingerprint density at radius 2 is 1.89 bits per heavy atom. The molecule has 2 N–H and O–H groups in total. The van der Waals surface area contributed by atoms with Gasteiger partial charge in [0.2, 0.25) is 0 Å². The van der Waals surface area contributed by atoms with E-state index in [2.05, 4.69) is 32.8 Å². The van der Waals surface area contributed by atoms with Gasteiger partial charge in [0.25, 0.3) is 11.5 Å². The van der Waals surface area contributed by atoms with Gasteiger partial charge >= 0.3 is 0 Å². The lowest BCUT2D eigenvalue weighted by atomic mass is 9.80. The minimum Gasteiger partial charge on any atom is -0.348 e. The normalized spacial score (nSPS) is 21.6.